The summed E-state index contributed by atoms with van der Waals surface area (Å²) in [6.45, 7) is 3.47. The predicted molar refractivity (Wildman–Crippen MR) is 66.7 cm³/mol. The van der Waals surface area contributed by atoms with Crippen LogP contribution in [0.25, 0.3) is 11.4 Å². The van der Waals surface area contributed by atoms with Crippen molar-refractivity contribution in [3.8, 4) is 11.4 Å². The van der Waals surface area contributed by atoms with E-state index in [-0.39, 0.29) is 5.02 Å². The summed E-state index contributed by atoms with van der Waals surface area (Å²) < 4.78 is 18.0. The summed E-state index contributed by atoms with van der Waals surface area (Å²) in [5.74, 6) is 0.462. The minimum atomic E-state index is -0.392. The quantitative estimate of drug-likeness (QED) is 0.848. The summed E-state index contributed by atoms with van der Waals surface area (Å²) in [5.41, 5.74) is 0.559. The van der Waals surface area contributed by atoms with E-state index in [1.54, 1.807) is 0 Å². The van der Waals surface area contributed by atoms with Gasteiger partial charge in [-0.1, -0.05) is 23.7 Å². The zero-order chi connectivity index (χ0) is 13.0. The van der Waals surface area contributed by atoms with Crippen molar-refractivity contribution in [3.63, 3.8) is 0 Å². The Labute approximate surface area is 109 Å². The molecule has 1 N–H and O–H groups in total. The molecule has 0 aliphatic rings. The number of benzene rings is 1. The Morgan fingerprint density at radius 1 is 1.44 bits per heavy atom. The van der Waals surface area contributed by atoms with Crippen molar-refractivity contribution in [3.05, 3.63) is 34.9 Å². The normalized spacial score (nSPS) is 10.8. The molecule has 1 heterocycles. The fraction of sp³-hybridized carbons (Fsp3) is 0.333. The summed E-state index contributed by atoms with van der Waals surface area (Å²) in [7, 11) is 0. The molecular weight excluding hydrogens is 257 g/mol. The smallest absolute Gasteiger partial charge is 0.240 e. The molecule has 0 amide bonds. The standard InChI is InChI=1S/C12H13ClFN3O/c1-2-5-15-7-11-16-12(17-18-11)9-4-3-8(14)6-10(9)13/h3-4,6,15H,2,5,7H2,1H3. The molecule has 0 saturated carbocycles. The van der Waals surface area contributed by atoms with E-state index in [1.165, 1.54) is 18.2 Å². The summed E-state index contributed by atoms with van der Waals surface area (Å²) >= 11 is 5.92. The highest BCUT2D eigenvalue weighted by atomic mass is 35.5. The van der Waals surface area contributed by atoms with Crippen LogP contribution in [0.2, 0.25) is 5.02 Å². The van der Waals surface area contributed by atoms with Crippen LogP contribution in [0, 0.1) is 5.82 Å². The number of halogens is 2. The molecule has 2 rings (SSSR count). The zero-order valence-corrected chi connectivity index (χ0v) is 10.7. The lowest BCUT2D eigenvalue weighted by atomic mass is 10.2. The van der Waals surface area contributed by atoms with Gasteiger partial charge in [0.1, 0.15) is 5.82 Å². The second kappa shape index (κ2) is 5.93. The minimum Gasteiger partial charge on any atom is -0.338 e. The third-order valence-corrected chi connectivity index (χ3v) is 2.66. The molecular formula is C12H13ClFN3O. The molecule has 0 fully saturated rings. The lowest BCUT2D eigenvalue weighted by Gasteiger charge is -1.98. The topological polar surface area (TPSA) is 51.0 Å². The van der Waals surface area contributed by atoms with Crippen LogP contribution < -0.4 is 5.32 Å². The fourth-order valence-electron chi connectivity index (χ4n) is 1.48. The van der Waals surface area contributed by atoms with Gasteiger partial charge in [-0.05, 0) is 31.2 Å². The molecule has 1 aromatic carbocycles. The highest BCUT2D eigenvalue weighted by molar-refractivity contribution is 6.33. The van der Waals surface area contributed by atoms with Crippen molar-refractivity contribution in [1.82, 2.24) is 15.5 Å². The molecule has 0 unspecified atom stereocenters. The average molecular weight is 270 g/mol. The molecule has 0 aliphatic heterocycles. The molecule has 0 bridgehead atoms. The summed E-state index contributed by atoms with van der Waals surface area (Å²) in [4.78, 5) is 4.20. The van der Waals surface area contributed by atoms with Gasteiger partial charge >= 0.3 is 0 Å². The van der Waals surface area contributed by atoms with E-state index in [0.717, 1.165) is 13.0 Å². The second-order valence-electron chi connectivity index (χ2n) is 3.81. The van der Waals surface area contributed by atoms with Gasteiger partial charge in [0.15, 0.2) is 0 Å². The maximum atomic E-state index is 12.9. The van der Waals surface area contributed by atoms with Crippen LogP contribution in [0.1, 0.15) is 19.2 Å². The van der Waals surface area contributed by atoms with Crippen molar-refractivity contribution in [2.75, 3.05) is 6.54 Å². The van der Waals surface area contributed by atoms with Crippen LogP contribution in [0.5, 0.6) is 0 Å². The van der Waals surface area contributed by atoms with E-state index in [9.17, 15) is 4.39 Å². The van der Waals surface area contributed by atoms with E-state index in [0.29, 0.717) is 23.8 Å². The highest BCUT2D eigenvalue weighted by Gasteiger charge is 2.12. The van der Waals surface area contributed by atoms with Crippen molar-refractivity contribution < 1.29 is 8.91 Å². The van der Waals surface area contributed by atoms with Crippen LogP contribution in [0.3, 0.4) is 0 Å². The molecule has 2 aromatic rings. The highest BCUT2D eigenvalue weighted by Crippen LogP contribution is 2.26. The second-order valence-corrected chi connectivity index (χ2v) is 4.22. The zero-order valence-electron chi connectivity index (χ0n) is 9.91. The Morgan fingerprint density at radius 3 is 3.00 bits per heavy atom. The largest absolute Gasteiger partial charge is 0.338 e. The van der Waals surface area contributed by atoms with Crippen molar-refractivity contribution in [1.29, 1.82) is 0 Å². The van der Waals surface area contributed by atoms with Gasteiger partial charge < -0.3 is 9.84 Å². The maximum absolute atomic E-state index is 12.9. The van der Waals surface area contributed by atoms with Crippen LogP contribution in [-0.4, -0.2) is 16.7 Å². The van der Waals surface area contributed by atoms with E-state index in [2.05, 4.69) is 22.4 Å². The Kier molecular flexibility index (Phi) is 4.28. The summed E-state index contributed by atoms with van der Waals surface area (Å²) in [5, 5.41) is 7.24. The van der Waals surface area contributed by atoms with Crippen molar-refractivity contribution >= 4 is 11.6 Å². The van der Waals surface area contributed by atoms with Gasteiger partial charge in [0.25, 0.3) is 0 Å². The SMILES string of the molecule is CCCNCc1nc(-c2ccc(F)cc2Cl)no1. The Hall–Kier alpha value is -1.46. The molecule has 18 heavy (non-hydrogen) atoms. The molecule has 0 radical (unpaired) electrons. The number of hydrogen-bond acceptors (Lipinski definition) is 4. The first-order valence-electron chi connectivity index (χ1n) is 5.69. The van der Waals surface area contributed by atoms with E-state index < -0.39 is 5.82 Å². The number of rotatable bonds is 5. The van der Waals surface area contributed by atoms with Crippen LogP contribution >= 0.6 is 11.6 Å². The van der Waals surface area contributed by atoms with E-state index in [1.807, 2.05) is 0 Å². The Balaban J connectivity index is 2.13. The predicted octanol–water partition coefficient (Wildman–Crippen LogP) is 3.03. The Bertz CT molecular complexity index is 530. The van der Waals surface area contributed by atoms with Crippen LogP contribution in [0.15, 0.2) is 22.7 Å². The van der Waals surface area contributed by atoms with Gasteiger partial charge in [-0.2, -0.15) is 4.98 Å². The third kappa shape index (κ3) is 3.05. The molecule has 1 aromatic heterocycles. The molecule has 0 atom stereocenters. The molecule has 0 aliphatic carbocycles. The van der Waals surface area contributed by atoms with Crippen molar-refractivity contribution in [2.24, 2.45) is 0 Å². The number of nitrogens with one attached hydrogen (secondary N) is 1. The first-order chi connectivity index (χ1) is 8.70. The van der Waals surface area contributed by atoms with Crippen molar-refractivity contribution in [2.45, 2.75) is 19.9 Å². The molecule has 0 spiro atoms. The average Bonchev–Trinajstić information content (AvgIpc) is 2.78. The lowest BCUT2D eigenvalue weighted by molar-refractivity contribution is 0.368. The lowest BCUT2D eigenvalue weighted by Crippen LogP contribution is -2.13. The van der Waals surface area contributed by atoms with Gasteiger partial charge in [-0.25, -0.2) is 4.39 Å². The molecule has 4 nitrogen and oxygen atoms in total. The number of hydrogen-bond donors (Lipinski definition) is 1. The number of aromatic nitrogens is 2. The monoisotopic (exact) mass is 269 g/mol. The van der Waals surface area contributed by atoms with Gasteiger partial charge in [-0.3, -0.25) is 0 Å². The Morgan fingerprint density at radius 2 is 2.28 bits per heavy atom. The first-order valence-corrected chi connectivity index (χ1v) is 6.07. The maximum Gasteiger partial charge on any atom is 0.240 e. The third-order valence-electron chi connectivity index (χ3n) is 2.34. The van der Waals surface area contributed by atoms with Crippen LogP contribution in [-0.2, 0) is 6.54 Å². The van der Waals surface area contributed by atoms with Crippen LogP contribution in [0.4, 0.5) is 4.39 Å². The van der Waals surface area contributed by atoms with Gasteiger partial charge in [0, 0.05) is 5.56 Å². The molecule has 6 heteroatoms. The van der Waals surface area contributed by atoms with Gasteiger partial charge in [-0.15, -0.1) is 0 Å². The minimum absolute atomic E-state index is 0.267. The molecule has 0 saturated heterocycles. The first kappa shape index (κ1) is 13.0. The summed E-state index contributed by atoms with van der Waals surface area (Å²) in [6, 6.07) is 4.07. The number of nitrogens with zero attached hydrogens (tertiary/aromatic N) is 2. The fourth-order valence-corrected chi connectivity index (χ4v) is 1.73. The van der Waals surface area contributed by atoms with E-state index in [4.69, 9.17) is 16.1 Å². The van der Waals surface area contributed by atoms with E-state index >= 15 is 0 Å². The van der Waals surface area contributed by atoms with Gasteiger partial charge in [0.2, 0.25) is 11.7 Å². The molecule has 96 valence electrons. The van der Waals surface area contributed by atoms with Gasteiger partial charge in [0.05, 0.1) is 11.6 Å². The summed E-state index contributed by atoms with van der Waals surface area (Å²) in [6.07, 6.45) is 1.03.